The lowest BCUT2D eigenvalue weighted by Gasteiger charge is -2.08. The summed E-state index contributed by atoms with van der Waals surface area (Å²) in [6.07, 6.45) is 0.726. The fourth-order valence-corrected chi connectivity index (χ4v) is 1.60. The Morgan fingerprint density at radius 2 is 1.61 bits per heavy atom. The van der Waals surface area contributed by atoms with E-state index in [9.17, 15) is 14.6 Å². The van der Waals surface area contributed by atoms with E-state index in [0.29, 0.717) is 11.5 Å². The molecule has 2 N–H and O–H groups in total. The molecule has 0 radical (unpaired) electrons. The summed E-state index contributed by atoms with van der Waals surface area (Å²) in [4.78, 5) is 0. The fraction of sp³-hybridized carbons (Fsp3) is 0.143. The maximum absolute atomic E-state index is 12.9. The second kappa shape index (κ2) is 4.96. The third kappa shape index (κ3) is 2.53. The summed E-state index contributed by atoms with van der Waals surface area (Å²) < 4.78 is 18.3. The van der Waals surface area contributed by atoms with Gasteiger partial charge in [0.15, 0.2) is 11.6 Å². The number of aromatic hydroxyl groups is 2. The number of rotatable bonds is 3. The molecule has 94 valence electrons. The summed E-state index contributed by atoms with van der Waals surface area (Å²) in [6.45, 7) is 1.94. The van der Waals surface area contributed by atoms with E-state index in [4.69, 9.17) is 4.74 Å². The Balaban J connectivity index is 2.23. The second-order valence-corrected chi connectivity index (χ2v) is 3.86. The number of benzene rings is 2. The Kier molecular flexibility index (Phi) is 3.37. The van der Waals surface area contributed by atoms with Crippen molar-refractivity contribution in [2.45, 2.75) is 13.3 Å². The molecule has 2 rings (SSSR count). The Morgan fingerprint density at radius 1 is 1.00 bits per heavy atom. The summed E-state index contributed by atoms with van der Waals surface area (Å²) in [5, 5.41) is 18.9. The number of hydrogen-bond donors (Lipinski definition) is 2. The van der Waals surface area contributed by atoms with Crippen LogP contribution < -0.4 is 4.74 Å². The molecule has 0 aromatic heterocycles. The molecular formula is C14H13FO3. The van der Waals surface area contributed by atoms with Crippen LogP contribution in [-0.4, -0.2) is 10.2 Å². The first-order chi connectivity index (χ1) is 8.60. The molecule has 0 bridgehead atoms. The van der Waals surface area contributed by atoms with Crippen LogP contribution in [-0.2, 0) is 6.42 Å². The topological polar surface area (TPSA) is 49.7 Å². The van der Waals surface area contributed by atoms with Gasteiger partial charge in [0.25, 0.3) is 0 Å². The van der Waals surface area contributed by atoms with Crippen molar-refractivity contribution < 1.29 is 19.3 Å². The van der Waals surface area contributed by atoms with Crippen molar-refractivity contribution in [2.75, 3.05) is 0 Å². The van der Waals surface area contributed by atoms with Crippen molar-refractivity contribution in [3.63, 3.8) is 0 Å². The standard InChI is InChI=1S/C14H13FO3/c1-2-9-3-4-10(7-13(9)16)18-11-5-6-12(15)14(17)8-11/h3-8,16-17H,2H2,1H3. The molecule has 0 spiro atoms. The monoisotopic (exact) mass is 248 g/mol. The maximum atomic E-state index is 12.9. The molecule has 0 fully saturated rings. The van der Waals surface area contributed by atoms with E-state index in [-0.39, 0.29) is 5.75 Å². The minimum Gasteiger partial charge on any atom is -0.508 e. The molecule has 0 aliphatic heterocycles. The van der Waals surface area contributed by atoms with Crippen LogP contribution >= 0.6 is 0 Å². The molecule has 3 nitrogen and oxygen atoms in total. The molecule has 0 unspecified atom stereocenters. The summed E-state index contributed by atoms with van der Waals surface area (Å²) in [5.41, 5.74) is 0.823. The number of halogens is 1. The number of phenols is 2. The normalized spacial score (nSPS) is 10.3. The Morgan fingerprint density at radius 3 is 2.17 bits per heavy atom. The van der Waals surface area contributed by atoms with Crippen molar-refractivity contribution in [3.8, 4) is 23.0 Å². The van der Waals surface area contributed by atoms with Crippen molar-refractivity contribution >= 4 is 0 Å². The molecule has 18 heavy (non-hydrogen) atoms. The highest BCUT2D eigenvalue weighted by Crippen LogP contribution is 2.30. The van der Waals surface area contributed by atoms with Gasteiger partial charge in [-0.3, -0.25) is 0 Å². The van der Waals surface area contributed by atoms with Crippen molar-refractivity contribution in [3.05, 3.63) is 47.8 Å². The predicted molar refractivity (Wildman–Crippen MR) is 65.6 cm³/mol. The molecule has 2 aromatic rings. The molecule has 0 aliphatic carbocycles. The van der Waals surface area contributed by atoms with Crippen molar-refractivity contribution in [1.29, 1.82) is 0 Å². The molecule has 0 saturated carbocycles. The highest BCUT2D eigenvalue weighted by atomic mass is 19.1. The van der Waals surface area contributed by atoms with Gasteiger partial charge in [0, 0.05) is 12.1 Å². The molecule has 4 heteroatoms. The summed E-state index contributed by atoms with van der Waals surface area (Å²) in [6, 6.07) is 8.65. The number of ether oxygens (including phenoxy) is 1. The third-order valence-corrected chi connectivity index (χ3v) is 2.59. The SMILES string of the molecule is CCc1ccc(Oc2ccc(F)c(O)c2)cc1O. The summed E-state index contributed by atoms with van der Waals surface area (Å²) >= 11 is 0. The van der Waals surface area contributed by atoms with E-state index in [0.717, 1.165) is 18.1 Å². The van der Waals surface area contributed by atoms with E-state index in [2.05, 4.69) is 0 Å². The zero-order valence-corrected chi connectivity index (χ0v) is 9.85. The first kappa shape index (κ1) is 12.2. The zero-order chi connectivity index (χ0) is 13.1. The molecule has 0 heterocycles. The lowest BCUT2D eigenvalue weighted by Crippen LogP contribution is -1.87. The minimum absolute atomic E-state index is 0.154. The van der Waals surface area contributed by atoms with Crippen molar-refractivity contribution in [1.82, 2.24) is 0 Å². The van der Waals surface area contributed by atoms with E-state index in [1.165, 1.54) is 18.2 Å². The van der Waals surface area contributed by atoms with Crippen LogP contribution in [0.25, 0.3) is 0 Å². The van der Waals surface area contributed by atoms with Gasteiger partial charge in [-0.15, -0.1) is 0 Å². The number of phenolic OH excluding ortho intramolecular Hbond substituents is 2. The van der Waals surface area contributed by atoms with Crippen LogP contribution in [0, 0.1) is 5.82 Å². The van der Waals surface area contributed by atoms with Crippen LogP contribution in [0.2, 0.25) is 0 Å². The van der Waals surface area contributed by atoms with E-state index in [1.54, 1.807) is 12.1 Å². The van der Waals surface area contributed by atoms with Gasteiger partial charge in [0.2, 0.25) is 0 Å². The van der Waals surface area contributed by atoms with Gasteiger partial charge in [0.05, 0.1) is 0 Å². The summed E-state index contributed by atoms with van der Waals surface area (Å²) in [5.74, 6) is -0.289. The van der Waals surface area contributed by atoms with Crippen LogP contribution in [0.4, 0.5) is 4.39 Å². The summed E-state index contributed by atoms with van der Waals surface area (Å²) in [7, 11) is 0. The highest BCUT2D eigenvalue weighted by Gasteiger charge is 2.05. The molecule has 0 atom stereocenters. The van der Waals surface area contributed by atoms with Gasteiger partial charge in [-0.1, -0.05) is 13.0 Å². The number of hydrogen-bond acceptors (Lipinski definition) is 3. The lowest BCUT2D eigenvalue weighted by molar-refractivity contribution is 0.420. The van der Waals surface area contributed by atoms with E-state index in [1.807, 2.05) is 6.92 Å². The van der Waals surface area contributed by atoms with E-state index >= 15 is 0 Å². The number of aryl methyl sites for hydroxylation is 1. The first-order valence-electron chi connectivity index (χ1n) is 5.58. The van der Waals surface area contributed by atoms with Crippen LogP contribution in [0.15, 0.2) is 36.4 Å². The molecule has 0 amide bonds. The average Bonchev–Trinajstić information content (AvgIpc) is 2.34. The van der Waals surface area contributed by atoms with Crippen LogP contribution in [0.3, 0.4) is 0 Å². The second-order valence-electron chi connectivity index (χ2n) is 3.86. The van der Waals surface area contributed by atoms with E-state index < -0.39 is 11.6 Å². The van der Waals surface area contributed by atoms with Gasteiger partial charge >= 0.3 is 0 Å². The highest BCUT2D eigenvalue weighted by molar-refractivity contribution is 5.42. The average molecular weight is 248 g/mol. The lowest BCUT2D eigenvalue weighted by atomic mass is 10.1. The first-order valence-corrected chi connectivity index (χ1v) is 5.58. The predicted octanol–water partition coefficient (Wildman–Crippen LogP) is 3.59. The molecule has 2 aromatic carbocycles. The Labute approximate surface area is 104 Å². The van der Waals surface area contributed by atoms with Gasteiger partial charge in [-0.05, 0) is 30.2 Å². The largest absolute Gasteiger partial charge is 0.508 e. The van der Waals surface area contributed by atoms with Gasteiger partial charge in [-0.25, -0.2) is 4.39 Å². The van der Waals surface area contributed by atoms with Gasteiger partial charge < -0.3 is 14.9 Å². The third-order valence-electron chi connectivity index (χ3n) is 2.59. The fourth-order valence-electron chi connectivity index (χ4n) is 1.60. The quantitative estimate of drug-likeness (QED) is 0.872. The van der Waals surface area contributed by atoms with Crippen molar-refractivity contribution in [2.24, 2.45) is 0 Å². The Bertz CT molecular complexity index is 567. The molecular weight excluding hydrogens is 235 g/mol. The Hall–Kier alpha value is -2.23. The van der Waals surface area contributed by atoms with Crippen LogP contribution in [0.5, 0.6) is 23.0 Å². The zero-order valence-electron chi connectivity index (χ0n) is 9.85. The van der Waals surface area contributed by atoms with Gasteiger partial charge in [0.1, 0.15) is 17.2 Å². The molecule has 0 saturated heterocycles. The van der Waals surface area contributed by atoms with Gasteiger partial charge in [-0.2, -0.15) is 0 Å². The molecule has 0 aliphatic rings. The smallest absolute Gasteiger partial charge is 0.165 e. The minimum atomic E-state index is -0.702. The maximum Gasteiger partial charge on any atom is 0.165 e. The van der Waals surface area contributed by atoms with Crippen LogP contribution in [0.1, 0.15) is 12.5 Å².